The molecule has 2 atom stereocenters. The minimum atomic E-state index is 0.416. The number of nitrogens with zero attached hydrogens (tertiary/aromatic N) is 1. The Hall–Kier alpha value is 0.250. The Morgan fingerprint density at radius 3 is 2.22 bits per heavy atom. The van der Waals surface area contributed by atoms with Crippen molar-refractivity contribution >= 4 is 11.6 Å². The standard InChI is InChI=1S/C16H32ClN/c1-3-4-5-6-7-8-9-10-12-18-13-11-16(17)15(2)14-18/h15-16H,3-14H2,1-2H3. The molecule has 0 radical (unpaired) electrons. The van der Waals surface area contributed by atoms with Crippen LogP contribution in [0.3, 0.4) is 0 Å². The average Bonchev–Trinajstić information content (AvgIpc) is 2.37. The minimum Gasteiger partial charge on any atom is -0.303 e. The van der Waals surface area contributed by atoms with Gasteiger partial charge in [0.2, 0.25) is 0 Å². The SMILES string of the molecule is CCCCCCCCCCN1CCC(Cl)C(C)C1. The number of halogens is 1. The molecule has 0 bridgehead atoms. The van der Waals surface area contributed by atoms with E-state index in [9.17, 15) is 0 Å². The van der Waals surface area contributed by atoms with Crippen LogP contribution < -0.4 is 0 Å². The molecule has 0 aromatic heterocycles. The summed E-state index contributed by atoms with van der Waals surface area (Å²) in [6.45, 7) is 8.30. The average molecular weight is 274 g/mol. The molecular weight excluding hydrogens is 242 g/mol. The van der Waals surface area contributed by atoms with Crippen molar-refractivity contribution in [1.82, 2.24) is 4.90 Å². The van der Waals surface area contributed by atoms with Crippen molar-refractivity contribution in [2.75, 3.05) is 19.6 Å². The topological polar surface area (TPSA) is 3.24 Å². The van der Waals surface area contributed by atoms with Gasteiger partial charge in [0.25, 0.3) is 0 Å². The van der Waals surface area contributed by atoms with Gasteiger partial charge in [-0.25, -0.2) is 0 Å². The highest BCUT2D eigenvalue weighted by atomic mass is 35.5. The molecule has 0 aromatic rings. The van der Waals surface area contributed by atoms with Crippen LogP contribution in [0.2, 0.25) is 0 Å². The van der Waals surface area contributed by atoms with E-state index < -0.39 is 0 Å². The summed E-state index contributed by atoms with van der Waals surface area (Å²) in [5.74, 6) is 0.675. The first-order valence-corrected chi connectivity index (χ1v) is 8.54. The molecule has 0 N–H and O–H groups in total. The number of unbranched alkanes of at least 4 members (excludes halogenated alkanes) is 7. The van der Waals surface area contributed by atoms with Gasteiger partial charge in [0.1, 0.15) is 0 Å². The zero-order valence-electron chi connectivity index (χ0n) is 12.5. The van der Waals surface area contributed by atoms with Crippen LogP contribution in [0.1, 0.15) is 71.6 Å². The predicted octanol–water partition coefficient (Wildman–Crippen LogP) is 5.08. The molecule has 0 amide bonds. The van der Waals surface area contributed by atoms with Crippen LogP contribution in [0, 0.1) is 5.92 Å². The molecule has 18 heavy (non-hydrogen) atoms. The second-order valence-electron chi connectivity index (χ2n) is 6.06. The van der Waals surface area contributed by atoms with Crippen LogP contribution >= 0.6 is 11.6 Å². The van der Waals surface area contributed by atoms with Crippen LogP contribution in [0.5, 0.6) is 0 Å². The van der Waals surface area contributed by atoms with E-state index in [4.69, 9.17) is 11.6 Å². The van der Waals surface area contributed by atoms with Crippen molar-refractivity contribution < 1.29 is 0 Å². The van der Waals surface area contributed by atoms with Gasteiger partial charge in [-0.05, 0) is 31.8 Å². The van der Waals surface area contributed by atoms with E-state index in [1.807, 2.05) is 0 Å². The Bertz CT molecular complexity index is 196. The molecule has 108 valence electrons. The summed E-state index contributed by atoms with van der Waals surface area (Å²) in [4.78, 5) is 2.61. The second-order valence-corrected chi connectivity index (χ2v) is 6.62. The van der Waals surface area contributed by atoms with Gasteiger partial charge in [-0.3, -0.25) is 0 Å². The molecule has 1 aliphatic rings. The monoisotopic (exact) mass is 273 g/mol. The summed E-state index contributed by atoms with van der Waals surface area (Å²) in [7, 11) is 0. The number of rotatable bonds is 9. The normalized spacial score (nSPS) is 25.5. The van der Waals surface area contributed by atoms with Gasteiger partial charge in [0.15, 0.2) is 0 Å². The first-order valence-electron chi connectivity index (χ1n) is 8.10. The third-order valence-corrected chi connectivity index (χ3v) is 4.86. The van der Waals surface area contributed by atoms with Crippen LogP contribution in [-0.2, 0) is 0 Å². The van der Waals surface area contributed by atoms with E-state index in [0.717, 1.165) is 0 Å². The molecule has 1 heterocycles. The highest BCUT2D eigenvalue weighted by molar-refractivity contribution is 6.20. The lowest BCUT2D eigenvalue weighted by Crippen LogP contribution is -2.40. The molecule has 1 rings (SSSR count). The Labute approximate surface area is 119 Å². The molecule has 1 saturated heterocycles. The van der Waals surface area contributed by atoms with Gasteiger partial charge in [-0.1, -0.05) is 58.8 Å². The summed E-state index contributed by atoms with van der Waals surface area (Å²) in [5.41, 5.74) is 0. The fourth-order valence-corrected chi connectivity index (χ4v) is 3.05. The highest BCUT2D eigenvalue weighted by Crippen LogP contribution is 2.22. The van der Waals surface area contributed by atoms with Gasteiger partial charge in [0, 0.05) is 11.9 Å². The molecule has 1 fully saturated rings. The number of hydrogen-bond acceptors (Lipinski definition) is 1. The summed E-state index contributed by atoms with van der Waals surface area (Å²) >= 11 is 6.25. The van der Waals surface area contributed by atoms with E-state index >= 15 is 0 Å². The maximum absolute atomic E-state index is 6.25. The van der Waals surface area contributed by atoms with E-state index in [1.54, 1.807) is 0 Å². The summed E-state index contributed by atoms with van der Waals surface area (Å²) in [6, 6.07) is 0. The van der Waals surface area contributed by atoms with Gasteiger partial charge < -0.3 is 4.90 Å². The number of likely N-dealkylation sites (tertiary alicyclic amines) is 1. The summed E-state index contributed by atoms with van der Waals surface area (Å²) in [6.07, 6.45) is 12.5. The van der Waals surface area contributed by atoms with Crippen LogP contribution in [0.4, 0.5) is 0 Å². The first kappa shape index (κ1) is 16.3. The van der Waals surface area contributed by atoms with E-state index in [-0.39, 0.29) is 0 Å². The van der Waals surface area contributed by atoms with E-state index in [2.05, 4.69) is 18.7 Å². The van der Waals surface area contributed by atoms with Crippen molar-refractivity contribution in [3.63, 3.8) is 0 Å². The first-order chi connectivity index (χ1) is 8.74. The molecule has 2 heteroatoms. The lowest BCUT2D eigenvalue weighted by Gasteiger charge is -2.34. The van der Waals surface area contributed by atoms with Crippen LogP contribution in [0.25, 0.3) is 0 Å². The second kappa shape index (κ2) is 10.1. The molecule has 2 unspecified atom stereocenters. The Balaban J connectivity index is 1.89. The maximum atomic E-state index is 6.25. The van der Waals surface area contributed by atoms with E-state index in [0.29, 0.717) is 11.3 Å². The van der Waals surface area contributed by atoms with Crippen molar-refractivity contribution in [2.24, 2.45) is 5.92 Å². The quantitative estimate of drug-likeness (QED) is 0.418. The van der Waals surface area contributed by atoms with Crippen LogP contribution in [0.15, 0.2) is 0 Å². The molecular formula is C16H32ClN. The Kier molecular flexibility index (Phi) is 9.14. The highest BCUT2D eigenvalue weighted by Gasteiger charge is 2.23. The Morgan fingerprint density at radius 1 is 1.00 bits per heavy atom. The predicted molar refractivity (Wildman–Crippen MR) is 82.5 cm³/mol. The molecule has 0 aromatic carbocycles. The van der Waals surface area contributed by atoms with Crippen LogP contribution in [-0.4, -0.2) is 29.9 Å². The minimum absolute atomic E-state index is 0.416. The lowest BCUT2D eigenvalue weighted by atomic mass is 9.99. The van der Waals surface area contributed by atoms with Gasteiger partial charge in [0.05, 0.1) is 0 Å². The van der Waals surface area contributed by atoms with Gasteiger partial charge >= 0.3 is 0 Å². The number of hydrogen-bond donors (Lipinski definition) is 0. The molecule has 0 aliphatic carbocycles. The molecule has 0 saturated carbocycles. The summed E-state index contributed by atoms with van der Waals surface area (Å²) in [5, 5.41) is 0.416. The molecule has 1 aliphatic heterocycles. The zero-order chi connectivity index (χ0) is 13.2. The maximum Gasteiger partial charge on any atom is 0.0386 e. The van der Waals surface area contributed by atoms with Crippen molar-refractivity contribution in [3.8, 4) is 0 Å². The van der Waals surface area contributed by atoms with Gasteiger partial charge in [-0.15, -0.1) is 11.6 Å². The van der Waals surface area contributed by atoms with E-state index in [1.165, 1.54) is 77.4 Å². The smallest absolute Gasteiger partial charge is 0.0386 e. The fraction of sp³-hybridized carbons (Fsp3) is 1.00. The fourth-order valence-electron chi connectivity index (χ4n) is 2.88. The van der Waals surface area contributed by atoms with Crippen molar-refractivity contribution in [2.45, 2.75) is 77.0 Å². The van der Waals surface area contributed by atoms with Gasteiger partial charge in [-0.2, -0.15) is 0 Å². The Morgan fingerprint density at radius 2 is 1.61 bits per heavy atom. The molecule has 1 nitrogen and oxygen atoms in total. The van der Waals surface area contributed by atoms with Crippen molar-refractivity contribution in [3.05, 3.63) is 0 Å². The summed E-state index contributed by atoms with van der Waals surface area (Å²) < 4.78 is 0. The number of alkyl halides is 1. The van der Waals surface area contributed by atoms with Crippen molar-refractivity contribution in [1.29, 1.82) is 0 Å². The third-order valence-electron chi connectivity index (χ3n) is 4.21. The zero-order valence-corrected chi connectivity index (χ0v) is 13.2. The molecule has 0 spiro atoms. The number of piperidine rings is 1. The lowest BCUT2D eigenvalue weighted by molar-refractivity contribution is 0.184. The largest absolute Gasteiger partial charge is 0.303 e. The third kappa shape index (κ3) is 6.99.